The van der Waals surface area contributed by atoms with Crippen LogP contribution in [-0.2, 0) is 0 Å². The second kappa shape index (κ2) is 11.2. The molecule has 0 N–H and O–H groups in total. The van der Waals surface area contributed by atoms with Gasteiger partial charge in [-0.25, -0.2) is 4.98 Å². The largest absolute Gasteiger partial charge is 0.435 e. The Morgan fingerprint density at radius 1 is 0.490 bits per heavy atom. The molecule has 3 nitrogen and oxygen atoms in total. The van der Waals surface area contributed by atoms with Gasteiger partial charge in [0.2, 0.25) is 5.89 Å². The minimum Gasteiger partial charge on any atom is -0.435 e. The molecule has 2 heterocycles. The summed E-state index contributed by atoms with van der Waals surface area (Å²) in [7, 11) is 0. The Morgan fingerprint density at radius 2 is 1.14 bits per heavy atom. The molecular formula is C45H28N2OS. The molecule has 4 heteroatoms. The van der Waals surface area contributed by atoms with Gasteiger partial charge in [0.15, 0.2) is 5.58 Å². The molecule has 0 amide bonds. The van der Waals surface area contributed by atoms with Crippen LogP contribution < -0.4 is 4.90 Å². The highest BCUT2D eigenvalue weighted by molar-refractivity contribution is 7.26. The zero-order valence-electron chi connectivity index (χ0n) is 26.4. The van der Waals surface area contributed by atoms with Crippen LogP contribution in [-0.4, -0.2) is 4.98 Å². The monoisotopic (exact) mass is 644 g/mol. The Balaban J connectivity index is 1.22. The summed E-state index contributed by atoms with van der Waals surface area (Å²) in [5.74, 6) is 0.632. The van der Waals surface area contributed by atoms with Gasteiger partial charge in [0.1, 0.15) is 5.52 Å². The Kier molecular flexibility index (Phi) is 6.36. The van der Waals surface area contributed by atoms with E-state index in [4.69, 9.17) is 9.40 Å². The quantitative estimate of drug-likeness (QED) is 0.175. The maximum Gasteiger partial charge on any atom is 0.227 e. The summed E-state index contributed by atoms with van der Waals surface area (Å²) >= 11 is 1.85. The lowest BCUT2D eigenvalue weighted by molar-refractivity contribution is 0.623. The lowest BCUT2D eigenvalue weighted by Crippen LogP contribution is -2.10. The van der Waals surface area contributed by atoms with Crippen LogP contribution in [0.25, 0.3) is 75.4 Å². The second-order valence-corrected chi connectivity index (χ2v) is 13.4. The summed E-state index contributed by atoms with van der Waals surface area (Å²) < 4.78 is 9.12. The minimum absolute atomic E-state index is 0.632. The van der Waals surface area contributed by atoms with E-state index in [1.54, 1.807) is 0 Å². The first kappa shape index (κ1) is 27.8. The number of anilines is 3. The fourth-order valence-corrected chi connectivity index (χ4v) is 8.33. The average molecular weight is 645 g/mol. The number of oxazole rings is 1. The van der Waals surface area contributed by atoms with Crippen molar-refractivity contribution in [1.82, 2.24) is 4.98 Å². The summed E-state index contributed by atoms with van der Waals surface area (Å²) in [6.07, 6.45) is 0. The molecule has 0 atom stereocenters. The molecule has 2 aromatic heterocycles. The van der Waals surface area contributed by atoms with Crippen LogP contribution in [0.15, 0.2) is 174 Å². The Bertz CT molecular complexity index is 2820. The van der Waals surface area contributed by atoms with Gasteiger partial charge in [0.25, 0.3) is 0 Å². The topological polar surface area (TPSA) is 29.3 Å². The fraction of sp³-hybridized carbons (Fsp3) is 0. The highest BCUT2D eigenvalue weighted by atomic mass is 32.1. The zero-order valence-corrected chi connectivity index (χ0v) is 27.2. The number of aromatic nitrogens is 1. The third kappa shape index (κ3) is 4.61. The molecule has 0 saturated carbocycles. The Labute approximate surface area is 286 Å². The van der Waals surface area contributed by atoms with Crippen molar-refractivity contribution in [3.8, 4) is 22.6 Å². The van der Waals surface area contributed by atoms with Gasteiger partial charge in [0, 0.05) is 37.8 Å². The summed E-state index contributed by atoms with van der Waals surface area (Å²) in [4.78, 5) is 7.31. The summed E-state index contributed by atoms with van der Waals surface area (Å²) in [5, 5.41) is 7.04. The number of hydrogen-bond acceptors (Lipinski definition) is 4. The fourth-order valence-electron chi connectivity index (χ4n) is 7.12. The molecule has 0 aliphatic carbocycles. The lowest BCUT2D eigenvalue weighted by atomic mass is 9.99. The van der Waals surface area contributed by atoms with Crippen LogP contribution in [0.3, 0.4) is 0 Å². The predicted octanol–water partition coefficient (Wildman–Crippen LogP) is 13.3. The van der Waals surface area contributed by atoms with Crippen molar-refractivity contribution in [3.63, 3.8) is 0 Å². The molecule has 0 spiro atoms. The molecule has 230 valence electrons. The van der Waals surface area contributed by atoms with E-state index in [1.807, 2.05) is 41.7 Å². The van der Waals surface area contributed by atoms with E-state index >= 15 is 0 Å². The van der Waals surface area contributed by atoms with Gasteiger partial charge in [-0.2, -0.15) is 0 Å². The smallest absolute Gasteiger partial charge is 0.227 e. The molecule has 0 aliphatic heterocycles. The molecule has 8 aromatic carbocycles. The second-order valence-electron chi connectivity index (χ2n) is 12.4. The van der Waals surface area contributed by atoms with Crippen LogP contribution in [0.5, 0.6) is 0 Å². The molecule has 10 aromatic rings. The van der Waals surface area contributed by atoms with Crippen molar-refractivity contribution in [2.45, 2.75) is 0 Å². The van der Waals surface area contributed by atoms with E-state index in [9.17, 15) is 0 Å². The van der Waals surface area contributed by atoms with Crippen LogP contribution >= 0.6 is 11.3 Å². The van der Waals surface area contributed by atoms with Crippen molar-refractivity contribution < 1.29 is 4.42 Å². The van der Waals surface area contributed by atoms with Crippen molar-refractivity contribution in [2.75, 3.05) is 4.90 Å². The lowest BCUT2D eigenvalue weighted by Gasteiger charge is -2.27. The standard InChI is InChI=1S/C45H28N2OS/c1-3-10-29(11-4-1)30-20-24-34(25-21-30)47(40-16-9-15-37-36-14-7-8-17-41(36)49-44(37)40)35-26-22-31-18-19-32-23-27-39-43(42(32)38(31)28-35)48-45(46-39)33-12-5-2-6-13-33/h1-28H. The van der Waals surface area contributed by atoms with Gasteiger partial charge >= 0.3 is 0 Å². The summed E-state index contributed by atoms with van der Waals surface area (Å²) in [6, 6.07) is 60.4. The normalized spacial score (nSPS) is 11.7. The number of nitrogens with zero attached hydrogens (tertiary/aromatic N) is 2. The van der Waals surface area contributed by atoms with Crippen LogP contribution in [0.1, 0.15) is 0 Å². The highest BCUT2D eigenvalue weighted by Gasteiger charge is 2.20. The molecule has 0 aliphatic rings. The maximum atomic E-state index is 6.57. The first-order chi connectivity index (χ1) is 24.3. The molecule has 0 radical (unpaired) electrons. The van der Waals surface area contributed by atoms with Crippen LogP contribution in [0.4, 0.5) is 17.1 Å². The zero-order chi connectivity index (χ0) is 32.3. The minimum atomic E-state index is 0.632. The van der Waals surface area contributed by atoms with Crippen molar-refractivity contribution >= 4 is 81.2 Å². The number of hydrogen-bond donors (Lipinski definition) is 0. The molecule has 0 unspecified atom stereocenters. The van der Waals surface area contributed by atoms with E-state index in [-0.39, 0.29) is 0 Å². The van der Waals surface area contributed by atoms with E-state index in [0.717, 1.165) is 55.3 Å². The van der Waals surface area contributed by atoms with Gasteiger partial charge in [-0.1, -0.05) is 115 Å². The molecule has 10 rings (SSSR count). The van der Waals surface area contributed by atoms with E-state index in [1.165, 1.54) is 31.3 Å². The Hall–Kier alpha value is -6.23. The number of rotatable bonds is 5. The van der Waals surface area contributed by atoms with Crippen molar-refractivity contribution in [2.24, 2.45) is 0 Å². The molecule has 0 bridgehead atoms. The number of fused-ring (bicyclic) bond motifs is 8. The SMILES string of the molecule is c1ccc(-c2ccc(N(c3ccc4ccc5ccc6nc(-c7ccccc7)oc6c5c4c3)c3cccc4c3sc3ccccc34)cc2)cc1. The predicted molar refractivity (Wildman–Crippen MR) is 207 cm³/mol. The number of benzene rings is 8. The summed E-state index contributed by atoms with van der Waals surface area (Å²) in [6.45, 7) is 0. The van der Waals surface area contributed by atoms with Gasteiger partial charge in [0.05, 0.1) is 10.4 Å². The van der Waals surface area contributed by atoms with Gasteiger partial charge in [-0.05, 0) is 81.9 Å². The van der Waals surface area contributed by atoms with E-state index < -0.39 is 0 Å². The molecule has 0 fully saturated rings. The first-order valence-corrected chi connectivity index (χ1v) is 17.3. The van der Waals surface area contributed by atoms with E-state index in [2.05, 4.69) is 144 Å². The maximum absolute atomic E-state index is 6.57. The van der Waals surface area contributed by atoms with E-state index in [0.29, 0.717) is 5.89 Å². The first-order valence-electron chi connectivity index (χ1n) is 16.5. The highest BCUT2D eigenvalue weighted by Crippen LogP contribution is 2.46. The summed E-state index contributed by atoms with van der Waals surface area (Å²) in [5.41, 5.74) is 8.36. The number of thiophene rings is 1. The van der Waals surface area contributed by atoms with Crippen LogP contribution in [0.2, 0.25) is 0 Å². The third-order valence-corrected chi connectivity index (χ3v) is 10.7. The average Bonchev–Trinajstić information content (AvgIpc) is 3.78. The van der Waals surface area contributed by atoms with Gasteiger partial charge < -0.3 is 9.32 Å². The molecule has 49 heavy (non-hydrogen) atoms. The third-order valence-electron chi connectivity index (χ3n) is 9.47. The molecular weight excluding hydrogens is 617 g/mol. The van der Waals surface area contributed by atoms with Gasteiger partial charge in [-0.3, -0.25) is 0 Å². The van der Waals surface area contributed by atoms with Crippen LogP contribution in [0, 0.1) is 0 Å². The molecule has 0 saturated heterocycles. The van der Waals surface area contributed by atoms with Gasteiger partial charge in [-0.15, -0.1) is 11.3 Å². The van der Waals surface area contributed by atoms with Crippen molar-refractivity contribution in [3.05, 3.63) is 170 Å². The van der Waals surface area contributed by atoms with Crippen molar-refractivity contribution in [1.29, 1.82) is 0 Å². The Morgan fingerprint density at radius 3 is 1.98 bits per heavy atom.